The Morgan fingerprint density at radius 2 is 2.50 bits per heavy atom. The molecule has 3 rings (SSSR count). The highest BCUT2D eigenvalue weighted by Gasteiger charge is 2.20. The second-order valence-corrected chi connectivity index (χ2v) is 5.82. The van der Waals surface area contributed by atoms with Gasteiger partial charge in [0.05, 0.1) is 0 Å². The van der Waals surface area contributed by atoms with E-state index in [9.17, 15) is 0 Å². The first kappa shape index (κ1) is 11.9. The van der Waals surface area contributed by atoms with E-state index in [1.807, 2.05) is 34.5 Å². The van der Waals surface area contributed by atoms with E-state index in [4.69, 9.17) is 0 Å². The number of aryl methyl sites for hydroxylation is 2. The van der Waals surface area contributed by atoms with Gasteiger partial charge in [0.1, 0.15) is 0 Å². The third kappa shape index (κ3) is 2.65. The Hall–Kier alpha value is -1.13. The maximum Gasteiger partial charge on any atom is 0.0489 e. The van der Waals surface area contributed by atoms with Crippen molar-refractivity contribution in [2.45, 2.75) is 38.3 Å². The van der Waals surface area contributed by atoms with Crippen LogP contribution in [0.1, 0.15) is 35.7 Å². The summed E-state index contributed by atoms with van der Waals surface area (Å²) in [7, 11) is 0. The fourth-order valence-electron chi connectivity index (χ4n) is 2.65. The van der Waals surface area contributed by atoms with Gasteiger partial charge in [-0.3, -0.25) is 4.68 Å². The maximum atomic E-state index is 4.22. The summed E-state index contributed by atoms with van der Waals surface area (Å²) in [4.78, 5) is 1.59. The highest BCUT2D eigenvalue weighted by Crippen LogP contribution is 2.33. The van der Waals surface area contributed by atoms with Crippen molar-refractivity contribution in [1.82, 2.24) is 15.1 Å². The molecule has 0 radical (unpaired) electrons. The minimum atomic E-state index is 0.581. The summed E-state index contributed by atoms with van der Waals surface area (Å²) in [5.74, 6) is 0. The molecule has 96 valence electrons. The number of thiophene rings is 1. The Kier molecular flexibility index (Phi) is 3.76. The van der Waals surface area contributed by atoms with E-state index in [0.29, 0.717) is 6.04 Å². The van der Waals surface area contributed by atoms with Crippen molar-refractivity contribution in [3.05, 3.63) is 40.3 Å². The standard InChI is InChI=1S/C14H19N3S/c1-4-13(12-6-11-18-14(12)5-1)15-7-2-9-17-10-3-8-16-17/h3,6,8,10-11,13,15H,1-2,4-5,7,9H2/t13-/m0/s1. The lowest BCUT2D eigenvalue weighted by Gasteiger charge is -2.23. The van der Waals surface area contributed by atoms with Crippen LogP contribution in [0.5, 0.6) is 0 Å². The minimum absolute atomic E-state index is 0.581. The van der Waals surface area contributed by atoms with Crippen LogP contribution in [0.15, 0.2) is 29.9 Å². The first-order chi connectivity index (χ1) is 8.93. The number of nitrogens with zero attached hydrogens (tertiary/aromatic N) is 2. The molecule has 0 aliphatic heterocycles. The second kappa shape index (κ2) is 5.67. The molecule has 0 amide bonds. The molecule has 0 fully saturated rings. The van der Waals surface area contributed by atoms with Crippen molar-refractivity contribution in [2.24, 2.45) is 0 Å². The van der Waals surface area contributed by atoms with E-state index in [-0.39, 0.29) is 0 Å². The Morgan fingerprint density at radius 1 is 1.50 bits per heavy atom. The zero-order valence-corrected chi connectivity index (χ0v) is 11.3. The van der Waals surface area contributed by atoms with Gasteiger partial charge in [0.15, 0.2) is 0 Å². The smallest absolute Gasteiger partial charge is 0.0489 e. The van der Waals surface area contributed by atoms with Gasteiger partial charge in [-0.25, -0.2) is 0 Å². The normalized spacial score (nSPS) is 18.8. The molecule has 1 N–H and O–H groups in total. The molecule has 2 aromatic heterocycles. The molecule has 0 saturated carbocycles. The van der Waals surface area contributed by atoms with E-state index in [1.54, 1.807) is 10.4 Å². The van der Waals surface area contributed by atoms with Gasteiger partial charge in [-0.2, -0.15) is 5.10 Å². The molecular weight excluding hydrogens is 242 g/mol. The van der Waals surface area contributed by atoms with Gasteiger partial charge in [-0.1, -0.05) is 0 Å². The Bertz CT molecular complexity index is 475. The first-order valence-corrected chi connectivity index (χ1v) is 7.58. The van der Waals surface area contributed by atoms with Crippen LogP contribution in [0.25, 0.3) is 0 Å². The van der Waals surface area contributed by atoms with Crippen molar-refractivity contribution < 1.29 is 0 Å². The number of fused-ring (bicyclic) bond motifs is 1. The van der Waals surface area contributed by atoms with Gasteiger partial charge in [0, 0.05) is 29.9 Å². The lowest BCUT2D eigenvalue weighted by Crippen LogP contribution is -2.25. The Morgan fingerprint density at radius 3 is 3.39 bits per heavy atom. The first-order valence-electron chi connectivity index (χ1n) is 6.70. The molecular formula is C14H19N3S. The number of hydrogen-bond acceptors (Lipinski definition) is 3. The molecule has 0 unspecified atom stereocenters. The van der Waals surface area contributed by atoms with Crippen molar-refractivity contribution in [1.29, 1.82) is 0 Å². The largest absolute Gasteiger partial charge is 0.310 e. The third-order valence-electron chi connectivity index (χ3n) is 3.57. The van der Waals surface area contributed by atoms with E-state index in [2.05, 4.69) is 21.9 Å². The average molecular weight is 261 g/mol. The Balaban J connectivity index is 1.47. The third-order valence-corrected chi connectivity index (χ3v) is 4.56. The van der Waals surface area contributed by atoms with Gasteiger partial charge in [0.2, 0.25) is 0 Å². The summed E-state index contributed by atoms with van der Waals surface area (Å²) in [6.07, 6.45) is 8.88. The zero-order chi connectivity index (χ0) is 12.2. The van der Waals surface area contributed by atoms with Crippen LogP contribution in [0.4, 0.5) is 0 Å². The van der Waals surface area contributed by atoms with E-state index >= 15 is 0 Å². The van der Waals surface area contributed by atoms with E-state index < -0.39 is 0 Å². The van der Waals surface area contributed by atoms with Crippen molar-refractivity contribution in [2.75, 3.05) is 6.54 Å². The number of aromatic nitrogens is 2. The summed E-state index contributed by atoms with van der Waals surface area (Å²) in [6.45, 7) is 2.07. The van der Waals surface area contributed by atoms with Crippen LogP contribution in [-0.4, -0.2) is 16.3 Å². The quantitative estimate of drug-likeness (QED) is 0.839. The average Bonchev–Trinajstić information content (AvgIpc) is 3.05. The molecule has 0 aromatic carbocycles. The summed E-state index contributed by atoms with van der Waals surface area (Å²) in [5, 5.41) is 10.1. The molecule has 0 bridgehead atoms. The number of hydrogen-bond donors (Lipinski definition) is 1. The molecule has 1 aliphatic rings. The molecule has 4 heteroatoms. The monoisotopic (exact) mass is 261 g/mol. The summed E-state index contributed by atoms with van der Waals surface area (Å²) < 4.78 is 2.00. The van der Waals surface area contributed by atoms with Gasteiger partial charge < -0.3 is 5.32 Å². The van der Waals surface area contributed by atoms with Gasteiger partial charge in [-0.05, 0) is 55.3 Å². The fourth-order valence-corrected chi connectivity index (χ4v) is 3.64. The van der Waals surface area contributed by atoms with Crippen LogP contribution >= 0.6 is 11.3 Å². The summed E-state index contributed by atoms with van der Waals surface area (Å²) in [5.41, 5.74) is 1.55. The molecule has 0 saturated heterocycles. The molecule has 2 aromatic rings. The second-order valence-electron chi connectivity index (χ2n) is 4.82. The predicted molar refractivity (Wildman–Crippen MR) is 74.8 cm³/mol. The molecule has 1 atom stereocenters. The lowest BCUT2D eigenvalue weighted by atomic mass is 9.94. The molecule has 0 spiro atoms. The van der Waals surface area contributed by atoms with Gasteiger partial charge in [0.25, 0.3) is 0 Å². The van der Waals surface area contributed by atoms with Gasteiger partial charge in [-0.15, -0.1) is 11.3 Å². The number of rotatable bonds is 5. The summed E-state index contributed by atoms with van der Waals surface area (Å²) >= 11 is 1.91. The van der Waals surface area contributed by atoms with Crippen molar-refractivity contribution >= 4 is 11.3 Å². The van der Waals surface area contributed by atoms with E-state index in [1.165, 1.54) is 19.3 Å². The molecule has 3 nitrogen and oxygen atoms in total. The highest BCUT2D eigenvalue weighted by atomic mass is 32.1. The van der Waals surface area contributed by atoms with Crippen molar-refractivity contribution in [3.63, 3.8) is 0 Å². The van der Waals surface area contributed by atoms with E-state index in [0.717, 1.165) is 19.5 Å². The number of nitrogens with one attached hydrogen (secondary N) is 1. The molecule has 2 heterocycles. The molecule has 18 heavy (non-hydrogen) atoms. The highest BCUT2D eigenvalue weighted by molar-refractivity contribution is 7.10. The zero-order valence-electron chi connectivity index (χ0n) is 10.5. The van der Waals surface area contributed by atoms with Crippen LogP contribution in [0.3, 0.4) is 0 Å². The fraction of sp³-hybridized carbons (Fsp3) is 0.500. The Labute approximate surface area is 112 Å². The van der Waals surface area contributed by atoms with Crippen LogP contribution in [0, 0.1) is 0 Å². The van der Waals surface area contributed by atoms with Crippen LogP contribution in [0.2, 0.25) is 0 Å². The topological polar surface area (TPSA) is 29.9 Å². The van der Waals surface area contributed by atoms with Crippen LogP contribution in [-0.2, 0) is 13.0 Å². The maximum absolute atomic E-state index is 4.22. The molecule has 1 aliphatic carbocycles. The van der Waals surface area contributed by atoms with Gasteiger partial charge >= 0.3 is 0 Å². The lowest BCUT2D eigenvalue weighted by molar-refractivity contribution is 0.443. The minimum Gasteiger partial charge on any atom is -0.310 e. The SMILES string of the molecule is c1cnn(CCCN[C@H]2CCCc3sccc32)c1. The summed E-state index contributed by atoms with van der Waals surface area (Å²) in [6, 6.07) is 4.86. The van der Waals surface area contributed by atoms with Crippen LogP contribution < -0.4 is 5.32 Å². The van der Waals surface area contributed by atoms with Crippen molar-refractivity contribution in [3.8, 4) is 0 Å². The predicted octanol–water partition coefficient (Wildman–Crippen LogP) is 3.00.